The Kier molecular flexibility index (Phi) is 5.79. The zero-order valence-electron chi connectivity index (χ0n) is 15.7. The van der Waals surface area contributed by atoms with E-state index in [1.165, 1.54) is 5.56 Å². The maximum atomic E-state index is 12.1. The lowest BCUT2D eigenvalue weighted by atomic mass is 9.72. The maximum absolute atomic E-state index is 12.1. The number of piperidine rings is 2. The second-order valence-electron chi connectivity index (χ2n) is 8.10. The minimum atomic E-state index is -0.440. The van der Waals surface area contributed by atoms with Gasteiger partial charge in [0.15, 0.2) is 0 Å². The van der Waals surface area contributed by atoms with Crippen molar-refractivity contribution in [2.45, 2.75) is 58.6 Å². The van der Waals surface area contributed by atoms with Crippen molar-refractivity contribution < 1.29 is 9.90 Å². The summed E-state index contributed by atoms with van der Waals surface area (Å²) >= 11 is 0. The fourth-order valence-electron chi connectivity index (χ4n) is 4.29. The number of hydrogen-bond acceptors (Lipinski definition) is 4. The van der Waals surface area contributed by atoms with Gasteiger partial charge in [-0.2, -0.15) is 5.10 Å². The zero-order chi connectivity index (χ0) is 17.9. The number of aliphatic hydroxyl groups is 1. The van der Waals surface area contributed by atoms with E-state index < -0.39 is 6.10 Å². The predicted molar refractivity (Wildman–Crippen MR) is 97.2 cm³/mol. The number of carbonyl (C=O) groups is 1. The Balaban J connectivity index is 1.43. The van der Waals surface area contributed by atoms with Gasteiger partial charge in [-0.3, -0.25) is 9.48 Å². The van der Waals surface area contributed by atoms with Crippen molar-refractivity contribution in [1.82, 2.24) is 19.6 Å². The van der Waals surface area contributed by atoms with Crippen LogP contribution in [0.4, 0.5) is 0 Å². The number of aliphatic hydroxyl groups excluding tert-OH is 1. The number of amides is 1. The van der Waals surface area contributed by atoms with Crippen LogP contribution in [0.3, 0.4) is 0 Å². The Hall–Kier alpha value is -1.40. The Morgan fingerprint density at radius 2 is 2.04 bits per heavy atom. The predicted octanol–water partition coefficient (Wildman–Crippen LogP) is 1.67. The third-order valence-corrected chi connectivity index (χ3v) is 5.77. The van der Waals surface area contributed by atoms with Gasteiger partial charge in [-0.15, -0.1) is 0 Å². The summed E-state index contributed by atoms with van der Waals surface area (Å²) in [6, 6.07) is 0. The summed E-state index contributed by atoms with van der Waals surface area (Å²) in [7, 11) is 0. The molecule has 2 aliphatic heterocycles. The molecule has 0 saturated carbocycles. The number of hydrogen-bond donors (Lipinski definition) is 1. The second-order valence-corrected chi connectivity index (χ2v) is 8.10. The Bertz CT molecular complexity index is 576. The molecule has 1 spiro atoms. The SMILES string of the molecule is Cc1cnn(CCCN2CCC3(CCC(=O)N(CC(C)O)C3)CC2)c1. The average Bonchev–Trinajstić information content (AvgIpc) is 2.98. The number of likely N-dealkylation sites (tertiary alicyclic amines) is 2. The largest absolute Gasteiger partial charge is 0.392 e. The highest BCUT2D eigenvalue weighted by atomic mass is 16.3. The van der Waals surface area contributed by atoms with Crippen molar-refractivity contribution in [2.24, 2.45) is 5.41 Å². The molecule has 1 aromatic heterocycles. The van der Waals surface area contributed by atoms with Gasteiger partial charge in [-0.1, -0.05) is 0 Å². The van der Waals surface area contributed by atoms with Crippen molar-refractivity contribution in [3.05, 3.63) is 18.0 Å². The van der Waals surface area contributed by atoms with E-state index in [1.54, 1.807) is 6.92 Å². The molecule has 3 rings (SSSR count). The molecule has 2 aliphatic rings. The highest BCUT2D eigenvalue weighted by Crippen LogP contribution is 2.40. The first-order chi connectivity index (χ1) is 12.0. The second kappa shape index (κ2) is 7.87. The number of aromatic nitrogens is 2. The molecule has 1 N–H and O–H groups in total. The number of nitrogens with zero attached hydrogens (tertiary/aromatic N) is 4. The van der Waals surface area contributed by atoms with E-state index >= 15 is 0 Å². The molecular weight excluding hydrogens is 316 g/mol. The fraction of sp³-hybridized carbons (Fsp3) is 0.789. The molecule has 140 valence electrons. The molecule has 6 nitrogen and oxygen atoms in total. The molecule has 1 amide bonds. The third kappa shape index (κ3) is 4.82. The molecule has 1 aromatic rings. The monoisotopic (exact) mass is 348 g/mol. The van der Waals surface area contributed by atoms with Gasteiger partial charge in [-0.25, -0.2) is 0 Å². The van der Waals surface area contributed by atoms with Crippen LogP contribution in [-0.2, 0) is 11.3 Å². The summed E-state index contributed by atoms with van der Waals surface area (Å²) in [5, 5.41) is 14.0. The zero-order valence-corrected chi connectivity index (χ0v) is 15.7. The quantitative estimate of drug-likeness (QED) is 0.849. The van der Waals surface area contributed by atoms with E-state index in [0.29, 0.717) is 13.0 Å². The fourth-order valence-corrected chi connectivity index (χ4v) is 4.29. The molecule has 25 heavy (non-hydrogen) atoms. The van der Waals surface area contributed by atoms with Crippen molar-refractivity contribution in [3.8, 4) is 0 Å². The van der Waals surface area contributed by atoms with E-state index in [2.05, 4.69) is 23.1 Å². The van der Waals surface area contributed by atoms with Crippen LogP contribution in [0.15, 0.2) is 12.4 Å². The number of rotatable bonds is 6. The summed E-state index contributed by atoms with van der Waals surface area (Å²) in [6.45, 7) is 9.48. The lowest BCUT2D eigenvalue weighted by molar-refractivity contribution is -0.140. The smallest absolute Gasteiger partial charge is 0.222 e. The molecule has 0 aliphatic carbocycles. The Labute approximate surface area is 150 Å². The van der Waals surface area contributed by atoms with Crippen LogP contribution in [0.25, 0.3) is 0 Å². The first-order valence-corrected chi connectivity index (χ1v) is 9.63. The molecule has 0 aromatic carbocycles. The lowest BCUT2D eigenvalue weighted by Gasteiger charge is -2.47. The van der Waals surface area contributed by atoms with Gasteiger partial charge in [0, 0.05) is 32.3 Å². The van der Waals surface area contributed by atoms with Crippen LogP contribution < -0.4 is 0 Å². The maximum Gasteiger partial charge on any atom is 0.222 e. The van der Waals surface area contributed by atoms with E-state index in [9.17, 15) is 9.90 Å². The van der Waals surface area contributed by atoms with Crippen LogP contribution in [0, 0.1) is 12.3 Å². The van der Waals surface area contributed by atoms with Gasteiger partial charge >= 0.3 is 0 Å². The number of aryl methyl sites for hydroxylation is 2. The van der Waals surface area contributed by atoms with Gasteiger partial charge in [0.2, 0.25) is 5.91 Å². The molecule has 0 bridgehead atoms. The minimum absolute atomic E-state index is 0.212. The Morgan fingerprint density at radius 3 is 2.68 bits per heavy atom. The molecule has 1 unspecified atom stereocenters. The van der Waals surface area contributed by atoms with Gasteiger partial charge in [0.1, 0.15) is 0 Å². The summed E-state index contributed by atoms with van der Waals surface area (Å²) in [6.07, 6.45) is 8.68. The average molecular weight is 348 g/mol. The van der Waals surface area contributed by atoms with Crippen LogP contribution >= 0.6 is 0 Å². The van der Waals surface area contributed by atoms with Gasteiger partial charge in [0.05, 0.1) is 12.3 Å². The first kappa shape index (κ1) is 18.4. The lowest BCUT2D eigenvalue weighted by Crippen LogP contribution is -2.52. The van der Waals surface area contributed by atoms with Gasteiger partial charge < -0.3 is 14.9 Å². The van der Waals surface area contributed by atoms with Gasteiger partial charge in [-0.05, 0) is 70.1 Å². The summed E-state index contributed by atoms with van der Waals surface area (Å²) in [5.74, 6) is 0.212. The van der Waals surface area contributed by atoms with Crippen LogP contribution in [0.2, 0.25) is 0 Å². The number of carbonyl (C=O) groups excluding carboxylic acids is 1. The topological polar surface area (TPSA) is 61.6 Å². The van der Waals surface area contributed by atoms with E-state index in [-0.39, 0.29) is 11.3 Å². The van der Waals surface area contributed by atoms with E-state index in [4.69, 9.17) is 0 Å². The molecule has 2 fully saturated rings. The highest BCUT2D eigenvalue weighted by Gasteiger charge is 2.40. The molecular formula is C19H32N4O2. The molecule has 6 heteroatoms. The van der Waals surface area contributed by atoms with Gasteiger partial charge in [0.25, 0.3) is 0 Å². The summed E-state index contributed by atoms with van der Waals surface area (Å²) in [5.41, 5.74) is 1.49. The van der Waals surface area contributed by atoms with Crippen LogP contribution in [0.1, 0.15) is 44.6 Å². The normalized spacial score (nSPS) is 22.5. The van der Waals surface area contributed by atoms with Crippen LogP contribution in [0.5, 0.6) is 0 Å². The highest BCUT2D eigenvalue weighted by molar-refractivity contribution is 5.77. The summed E-state index contributed by atoms with van der Waals surface area (Å²) in [4.78, 5) is 16.5. The third-order valence-electron chi connectivity index (χ3n) is 5.77. The van der Waals surface area contributed by atoms with Crippen molar-refractivity contribution in [1.29, 1.82) is 0 Å². The standard InChI is InChI=1S/C19H32N4O2/c1-16-12-20-23(13-16)9-3-8-21-10-6-19(7-11-21)5-4-18(25)22(15-19)14-17(2)24/h12-13,17,24H,3-11,14-15H2,1-2H3. The number of β-amino-alcohol motifs (C(OH)–C–C–N with tert-alkyl or cyclic N) is 1. The molecule has 3 heterocycles. The minimum Gasteiger partial charge on any atom is -0.392 e. The van der Waals surface area contributed by atoms with Crippen molar-refractivity contribution >= 4 is 5.91 Å². The van der Waals surface area contributed by atoms with Crippen molar-refractivity contribution in [3.63, 3.8) is 0 Å². The summed E-state index contributed by atoms with van der Waals surface area (Å²) < 4.78 is 2.03. The molecule has 2 saturated heterocycles. The molecule has 1 atom stereocenters. The van der Waals surface area contributed by atoms with E-state index in [1.807, 2.05) is 15.8 Å². The first-order valence-electron chi connectivity index (χ1n) is 9.63. The van der Waals surface area contributed by atoms with Crippen molar-refractivity contribution in [2.75, 3.05) is 32.7 Å². The van der Waals surface area contributed by atoms with Crippen LogP contribution in [-0.4, -0.2) is 69.4 Å². The van der Waals surface area contributed by atoms with E-state index in [0.717, 1.165) is 58.4 Å². The Morgan fingerprint density at radius 1 is 1.28 bits per heavy atom. The molecule has 0 radical (unpaired) electrons.